The zero-order valence-corrected chi connectivity index (χ0v) is 18.7. The summed E-state index contributed by atoms with van der Waals surface area (Å²) in [6.07, 6.45) is 6.09. The normalized spacial score (nSPS) is 27.6. The van der Waals surface area contributed by atoms with Crippen LogP contribution >= 0.6 is 0 Å². The Hall–Kier alpha value is -1.84. The molecule has 0 aromatic heterocycles. The minimum atomic E-state index is 0.266. The second kappa shape index (κ2) is 9.53. The molecule has 4 atom stereocenters. The first-order valence-corrected chi connectivity index (χ1v) is 11.9. The van der Waals surface area contributed by atoms with Gasteiger partial charge in [0, 0.05) is 36.8 Å². The van der Waals surface area contributed by atoms with Crippen LogP contribution < -0.4 is 5.32 Å². The molecule has 2 bridgehead atoms. The monoisotopic (exact) mass is 406 g/mol. The minimum absolute atomic E-state index is 0.266. The van der Waals surface area contributed by atoms with Crippen molar-refractivity contribution in [3.63, 3.8) is 0 Å². The van der Waals surface area contributed by atoms with Crippen LogP contribution in [0.1, 0.15) is 50.7 Å². The van der Waals surface area contributed by atoms with E-state index in [1.54, 1.807) is 0 Å². The van der Waals surface area contributed by atoms with E-state index in [1.807, 2.05) is 0 Å². The predicted octanol–water partition coefficient (Wildman–Crippen LogP) is 5.10. The average molecular weight is 407 g/mol. The van der Waals surface area contributed by atoms with E-state index in [2.05, 4.69) is 78.7 Å². The molecule has 1 aliphatic carbocycles. The molecule has 3 nitrogen and oxygen atoms in total. The highest BCUT2D eigenvalue weighted by atomic mass is 16.3. The van der Waals surface area contributed by atoms with Crippen molar-refractivity contribution in [2.45, 2.75) is 57.4 Å². The van der Waals surface area contributed by atoms with Crippen molar-refractivity contribution >= 4 is 5.69 Å². The van der Waals surface area contributed by atoms with Crippen LogP contribution in [0, 0.1) is 11.8 Å². The molecule has 2 aromatic rings. The Labute approximate surface area is 182 Å². The van der Waals surface area contributed by atoms with Gasteiger partial charge in [0.15, 0.2) is 0 Å². The summed E-state index contributed by atoms with van der Waals surface area (Å²) in [4.78, 5) is 2.71. The van der Waals surface area contributed by atoms with Crippen LogP contribution in [0.25, 0.3) is 0 Å². The van der Waals surface area contributed by atoms with Gasteiger partial charge in [0.1, 0.15) is 0 Å². The van der Waals surface area contributed by atoms with E-state index in [0.29, 0.717) is 23.3 Å². The molecule has 2 fully saturated rings. The predicted molar refractivity (Wildman–Crippen MR) is 126 cm³/mol. The highest BCUT2D eigenvalue weighted by molar-refractivity contribution is 5.48. The molecule has 4 rings (SSSR count). The summed E-state index contributed by atoms with van der Waals surface area (Å²) in [5.74, 6) is 0.957. The molecule has 3 heteroatoms. The number of benzene rings is 2. The maximum atomic E-state index is 10.1. The molecule has 2 aromatic carbocycles. The van der Waals surface area contributed by atoms with Gasteiger partial charge in [-0.05, 0) is 74.2 Å². The van der Waals surface area contributed by atoms with Crippen LogP contribution in [0.2, 0.25) is 0 Å². The molecule has 2 aliphatic rings. The zero-order valence-electron chi connectivity index (χ0n) is 18.7. The molecule has 0 amide bonds. The standard InChI is InChI=1S/C27H38N2O/c1-3-28-25-12-7-11-24(18-25)27-14-8-13-26(21(27)2)29(16-15-27)19-23(20-30)17-22-9-5-4-6-10-22/h4-7,9-12,18,21,23,26,28,30H,3,8,13-17,19-20H2,1-2H3/t21-,23+,26?,27-/m0/s1. The number of nitrogens with one attached hydrogen (secondary N) is 1. The van der Waals surface area contributed by atoms with Crippen molar-refractivity contribution in [2.75, 3.05) is 31.6 Å². The second-order valence-corrected chi connectivity index (χ2v) is 9.50. The molecule has 1 unspecified atom stereocenters. The highest BCUT2D eigenvalue weighted by Gasteiger charge is 2.49. The second-order valence-electron chi connectivity index (χ2n) is 9.50. The van der Waals surface area contributed by atoms with Gasteiger partial charge in [-0.2, -0.15) is 0 Å². The number of likely N-dealkylation sites (tertiary alicyclic amines) is 1. The third kappa shape index (κ3) is 4.29. The number of aliphatic hydroxyl groups is 1. The number of piperidine rings is 1. The van der Waals surface area contributed by atoms with Crippen molar-refractivity contribution in [3.05, 3.63) is 65.7 Å². The Balaban J connectivity index is 1.49. The summed E-state index contributed by atoms with van der Waals surface area (Å²) in [6, 6.07) is 20.5. The third-order valence-electron chi connectivity index (χ3n) is 7.82. The smallest absolute Gasteiger partial charge is 0.0474 e. The number of hydrogen-bond acceptors (Lipinski definition) is 3. The lowest BCUT2D eigenvalue weighted by Gasteiger charge is -2.56. The van der Waals surface area contributed by atoms with Crippen molar-refractivity contribution in [3.8, 4) is 0 Å². The van der Waals surface area contributed by atoms with Crippen LogP contribution in [-0.2, 0) is 11.8 Å². The van der Waals surface area contributed by atoms with Crippen LogP contribution in [-0.4, -0.2) is 42.3 Å². The molecular formula is C27H38N2O. The third-order valence-corrected chi connectivity index (χ3v) is 7.82. The lowest BCUT2D eigenvalue weighted by atomic mass is 9.57. The Morgan fingerprint density at radius 2 is 1.97 bits per heavy atom. The van der Waals surface area contributed by atoms with Crippen molar-refractivity contribution < 1.29 is 5.11 Å². The van der Waals surface area contributed by atoms with Gasteiger partial charge in [-0.3, -0.25) is 4.90 Å². The van der Waals surface area contributed by atoms with Gasteiger partial charge < -0.3 is 10.4 Å². The van der Waals surface area contributed by atoms with Gasteiger partial charge in [-0.1, -0.05) is 55.8 Å². The van der Waals surface area contributed by atoms with E-state index in [4.69, 9.17) is 0 Å². The molecule has 1 saturated heterocycles. The SMILES string of the molecule is CCNc1cccc([C@]23CCCC([C@@H]2C)N(C[C@H](CO)Cc2ccccc2)CC3)c1. The molecule has 2 N–H and O–H groups in total. The highest BCUT2D eigenvalue weighted by Crippen LogP contribution is 2.51. The topological polar surface area (TPSA) is 35.5 Å². The summed E-state index contributed by atoms with van der Waals surface area (Å²) in [7, 11) is 0. The summed E-state index contributed by atoms with van der Waals surface area (Å²) in [5.41, 5.74) is 4.42. The molecule has 1 heterocycles. The molecule has 0 spiro atoms. The molecular weight excluding hydrogens is 368 g/mol. The molecule has 1 saturated carbocycles. The van der Waals surface area contributed by atoms with Crippen molar-refractivity contribution in [1.82, 2.24) is 4.90 Å². The van der Waals surface area contributed by atoms with Crippen molar-refractivity contribution in [1.29, 1.82) is 0 Å². The maximum Gasteiger partial charge on any atom is 0.0474 e. The number of fused-ring (bicyclic) bond motifs is 2. The number of rotatable bonds is 8. The average Bonchev–Trinajstić information content (AvgIpc) is 2.76. The Morgan fingerprint density at radius 3 is 2.73 bits per heavy atom. The lowest BCUT2D eigenvalue weighted by Crippen LogP contribution is -2.58. The van der Waals surface area contributed by atoms with Crippen LogP contribution in [0.5, 0.6) is 0 Å². The van der Waals surface area contributed by atoms with Crippen LogP contribution in [0.4, 0.5) is 5.69 Å². The van der Waals surface area contributed by atoms with E-state index in [-0.39, 0.29) is 6.61 Å². The summed E-state index contributed by atoms with van der Waals surface area (Å²) in [6.45, 7) is 8.03. The fourth-order valence-electron chi connectivity index (χ4n) is 6.22. The first-order chi connectivity index (χ1) is 14.7. The van der Waals surface area contributed by atoms with Crippen molar-refractivity contribution in [2.24, 2.45) is 11.8 Å². The van der Waals surface area contributed by atoms with E-state index in [1.165, 1.54) is 42.5 Å². The summed E-state index contributed by atoms with van der Waals surface area (Å²) < 4.78 is 0. The Bertz CT molecular complexity index is 808. The van der Waals surface area contributed by atoms with Crippen LogP contribution in [0.15, 0.2) is 54.6 Å². The first kappa shape index (κ1) is 21.4. The van der Waals surface area contributed by atoms with Gasteiger partial charge in [-0.25, -0.2) is 0 Å². The Kier molecular flexibility index (Phi) is 6.80. The van der Waals surface area contributed by atoms with E-state index in [9.17, 15) is 5.11 Å². The maximum absolute atomic E-state index is 10.1. The first-order valence-electron chi connectivity index (χ1n) is 11.9. The molecule has 1 aliphatic heterocycles. The number of aliphatic hydroxyl groups excluding tert-OH is 1. The van der Waals surface area contributed by atoms with E-state index >= 15 is 0 Å². The van der Waals surface area contributed by atoms with E-state index < -0.39 is 0 Å². The van der Waals surface area contributed by atoms with Gasteiger partial charge in [-0.15, -0.1) is 0 Å². The molecule has 30 heavy (non-hydrogen) atoms. The van der Waals surface area contributed by atoms with Gasteiger partial charge in [0.25, 0.3) is 0 Å². The Morgan fingerprint density at radius 1 is 1.13 bits per heavy atom. The number of anilines is 1. The number of hydrogen-bond donors (Lipinski definition) is 2. The van der Waals surface area contributed by atoms with Gasteiger partial charge >= 0.3 is 0 Å². The molecule has 0 radical (unpaired) electrons. The summed E-state index contributed by atoms with van der Waals surface area (Å²) in [5, 5.41) is 13.6. The van der Waals surface area contributed by atoms with Gasteiger partial charge in [0.2, 0.25) is 0 Å². The largest absolute Gasteiger partial charge is 0.396 e. The number of nitrogens with zero attached hydrogens (tertiary/aromatic N) is 1. The lowest BCUT2D eigenvalue weighted by molar-refractivity contribution is -0.0153. The van der Waals surface area contributed by atoms with Gasteiger partial charge in [0.05, 0.1) is 0 Å². The quantitative estimate of drug-likeness (QED) is 0.640. The fraction of sp³-hybridized carbons (Fsp3) is 0.556. The summed E-state index contributed by atoms with van der Waals surface area (Å²) >= 11 is 0. The zero-order chi connectivity index (χ0) is 21.0. The van der Waals surface area contributed by atoms with Crippen LogP contribution in [0.3, 0.4) is 0 Å². The van der Waals surface area contributed by atoms with E-state index in [0.717, 1.165) is 26.1 Å². The molecule has 162 valence electrons. The fourth-order valence-corrected chi connectivity index (χ4v) is 6.22. The minimum Gasteiger partial charge on any atom is -0.396 e.